The Morgan fingerprint density at radius 2 is 1.39 bits per heavy atom. The molecule has 4 unspecified atom stereocenters. The maximum absolute atomic E-state index is 13.0. The number of carbonyl (C=O) groups is 3. The predicted molar refractivity (Wildman–Crippen MR) is 180 cm³/mol. The summed E-state index contributed by atoms with van der Waals surface area (Å²) in [6.07, 6.45) is 4.37. The fourth-order valence-corrected chi connectivity index (χ4v) is 4.99. The predicted octanol–water partition coefficient (Wildman–Crippen LogP) is 5.35. The minimum Gasteiger partial charge on any atom is -0.489 e. The average molecular weight is 627 g/mol. The van der Waals surface area contributed by atoms with Crippen LogP contribution in [0.3, 0.4) is 0 Å². The summed E-state index contributed by atoms with van der Waals surface area (Å²) in [5, 5.41) is 15.6. The number of rotatable bonds is 20. The van der Waals surface area contributed by atoms with Gasteiger partial charge in [0.25, 0.3) is 0 Å². The molecule has 3 aromatic rings. The third-order valence-corrected chi connectivity index (χ3v) is 7.48. The van der Waals surface area contributed by atoms with Crippen molar-refractivity contribution in [3.05, 3.63) is 127 Å². The lowest BCUT2D eigenvalue weighted by molar-refractivity contribution is -0.153. The van der Waals surface area contributed by atoms with Crippen molar-refractivity contribution in [3.63, 3.8) is 0 Å². The molecule has 0 aromatic heterocycles. The molecule has 3 N–H and O–H groups in total. The van der Waals surface area contributed by atoms with Crippen molar-refractivity contribution in [1.82, 2.24) is 10.6 Å². The van der Waals surface area contributed by atoms with Crippen LogP contribution in [0.25, 0.3) is 0 Å². The maximum atomic E-state index is 13.0. The van der Waals surface area contributed by atoms with Gasteiger partial charge < -0.3 is 25.2 Å². The molecule has 4 atom stereocenters. The summed E-state index contributed by atoms with van der Waals surface area (Å²) in [5.74, 6) is -1.35. The van der Waals surface area contributed by atoms with Gasteiger partial charge >= 0.3 is 5.97 Å². The lowest BCUT2D eigenvalue weighted by Crippen LogP contribution is -2.42. The molecule has 46 heavy (non-hydrogen) atoms. The first kappa shape index (κ1) is 35.8. The van der Waals surface area contributed by atoms with Crippen molar-refractivity contribution >= 4 is 17.8 Å². The first-order valence-electron chi connectivity index (χ1n) is 15.7. The molecule has 0 aliphatic heterocycles. The smallest absolute Gasteiger partial charge is 0.309 e. The Kier molecular flexibility index (Phi) is 15.3. The van der Waals surface area contributed by atoms with Crippen molar-refractivity contribution < 1.29 is 29.0 Å². The summed E-state index contributed by atoms with van der Waals surface area (Å²) in [7, 11) is 0. The second-order valence-electron chi connectivity index (χ2n) is 11.4. The minimum atomic E-state index is -0.660. The first-order valence-corrected chi connectivity index (χ1v) is 15.7. The Labute approximate surface area is 272 Å². The number of ether oxygens (including phenoxy) is 2. The Morgan fingerprint density at radius 1 is 0.804 bits per heavy atom. The summed E-state index contributed by atoms with van der Waals surface area (Å²) in [6.45, 7) is 9.52. The monoisotopic (exact) mass is 626 g/mol. The van der Waals surface area contributed by atoms with Crippen LogP contribution in [0.5, 0.6) is 5.75 Å². The van der Waals surface area contributed by atoms with E-state index in [4.69, 9.17) is 9.47 Å². The van der Waals surface area contributed by atoms with Gasteiger partial charge in [-0.2, -0.15) is 0 Å². The molecule has 8 nitrogen and oxygen atoms in total. The van der Waals surface area contributed by atoms with Crippen molar-refractivity contribution in [2.75, 3.05) is 13.2 Å². The zero-order valence-corrected chi connectivity index (χ0v) is 26.6. The second-order valence-corrected chi connectivity index (χ2v) is 11.4. The quantitative estimate of drug-likeness (QED) is 0.115. The number of hydrogen-bond donors (Lipinski definition) is 3. The maximum Gasteiger partial charge on any atom is 0.309 e. The van der Waals surface area contributed by atoms with Gasteiger partial charge in [0.05, 0.1) is 31.0 Å². The number of aliphatic hydroxyl groups excluding tert-OH is 1. The SMILES string of the molecule is C=CCC(CC(=O)NC(CO)Cc1ccc(OCc2ccccc2)cc1)C(=O)NCC(C)OC(=O)C(CC=C)Cc1ccccc1. The Bertz CT molecular complexity index is 1380. The van der Waals surface area contributed by atoms with Gasteiger partial charge in [-0.3, -0.25) is 14.4 Å². The highest BCUT2D eigenvalue weighted by Crippen LogP contribution is 2.18. The molecular weight excluding hydrogens is 580 g/mol. The summed E-state index contributed by atoms with van der Waals surface area (Å²) < 4.78 is 11.5. The highest BCUT2D eigenvalue weighted by atomic mass is 16.5. The van der Waals surface area contributed by atoms with Crippen LogP contribution in [-0.2, 0) is 38.6 Å². The summed E-state index contributed by atoms with van der Waals surface area (Å²) in [5.41, 5.74) is 3.03. The second kappa shape index (κ2) is 19.6. The molecule has 0 saturated carbocycles. The van der Waals surface area contributed by atoms with E-state index in [0.717, 1.165) is 22.4 Å². The lowest BCUT2D eigenvalue weighted by Gasteiger charge is -2.21. The number of aliphatic hydroxyl groups is 1. The van der Waals surface area contributed by atoms with Gasteiger partial charge in [0, 0.05) is 6.42 Å². The molecule has 0 saturated heterocycles. The fraction of sp³-hybridized carbons (Fsp3) is 0.342. The van der Waals surface area contributed by atoms with Gasteiger partial charge in [-0.25, -0.2) is 0 Å². The Balaban J connectivity index is 1.45. The molecule has 3 aromatic carbocycles. The van der Waals surface area contributed by atoms with Crippen molar-refractivity contribution in [1.29, 1.82) is 0 Å². The molecule has 0 radical (unpaired) electrons. The van der Waals surface area contributed by atoms with Gasteiger partial charge in [-0.05, 0) is 61.4 Å². The number of benzene rings is 3. The number of nitrogens with one attached hydrogen (secondary N) is 2. The molecule has 0 heterocycles. The molecule has 8 heteroatoms. The molecule has 2 amide bonds. The fourth-order valence-electron chi connectivity index (χ4n) is 4.99. The van der Waals surface area contributed by atoms with E-state index in [-0.39, 0.29) is 43.3 Å². The van der Waals surface area contributed by atoms with Crippen LogP contribution in [0.15, 0.2) is 110 Å². The van der Waals surface area contributed by atoms with Crippen LogP contribution in [0.4, 0.5) is 0 Å². The number of amides is 2. The summed E-state index contributed by atoms with van der Waals surface area (Å²) in [4.78, 5) is 38.8. The third kappa shape index (κ3) is 12.7. The topological polar surface area (TPSA) is 114 Å². The van der Waals surface area contributed by atoms with E-state index >= 15 is 0 Å². The van der Waals surface area contributed by atoms with Crippen molar-refractivity contribution in [2.45, 2.75) is 57.8 Å². The van der Waals surface area contributed by atoms with Crippen molar-refractivity contribution in [3.8, 4) is 5.75 Å². The molecule has 3 rings (SSSR count). The number of carbonyl (C=O) groups excluding carboxylic acids is 3. The largest absolute Gasteiger partial charge is 0.489 e. The van der Waals surface area contributed by atoms with E-state index in [9.17, 15) is 19.5 Å². The standard InChI is InChI=1S/C38H46N2O6/c1-4-12-32(37(43)39-25-28(3)46-38(44)33(13-5-2)22-29-14-8-6-9-15-29)24-36(42)40-34(26-41)23-30-18-20-35(21-19-30)45-27-31-16-10-7-11-17-31/h4-11,14-21,28,32-34,41H,1-2,12-13,22-27H2,3H3,(H,39,43)(H,40,42). The molecule has 0 fully saturated rings. The molecule has 0 aliphatic carbocycles. The zero-order chi connectivity index (χ0) is 33.1. The Hall–Kier alpha value is -4.69. The van der Waals surface area contributed by atoms with E-state index < -0.39 is 18.1 Å². The van der Waals surface area contributed by atoms with Crippen LogP contribution in [0.2, 0.25) is 0 Å². The van der Waals surface area contributed by atoms with Crippen LogP contribution < -0.4 is 15.4 Å². The normalized spacial score (nSPS) is 13.3. The van der Waals surface area contributed by atoms with Crippen molar-refractivity contribution in [2.24, 2.45) is 11.8 Å². The summed E-state index contributed by atoms with van der Waals surface area (Å²) in [6, 6.07) is 26.6. The van der Waals surface area contributed by atoms with Gasteiger partial charge in [0.15, 0.2) is 0 Å². The molecule has 0 bridgehead atoms. The third-order valence-electron chi connectivity index (χ3n) is 7.48. The number of esters is 1. The highest BCUT2D eigenvalue weighted by molar-refractivity contribution is 5.86. The lowest BCUT2D eigenvalue weighted by atomic mass is 9.96. The first-order chi connectivity index (χ1) is 22.3. The molecule has 0 aliphatic rings. The number of allylic oxidation sites excluding steroid dienone is 2. The van der Waals surface area contributed by atoms with Gasteiger partial charge in [0.2, 0.25) is 11.8 Å². The molecule has 0 spiro atoms. The van der Waals surface area contributed by atoms with E-state index in [1.807, 2.05) is 84.9 Å². The zero-order valence-electron chi connectivity index (χ0n) is 26.6. The van der Waals surface area contributed by atoms with Gasteiger partial charge in [-0.15, -0.1) is 13.2 Å². The Morgan fingerprint density at radius 3 is 2.00 bits per heavy atom. The van der Waals surface area contributed by atoms with E-state index in [0.29, 0.717) is 32.3 Å². The number of hydrogen-bond acceptors (Lipinski definition) is 6. The molecular formula is C38H46N2O6. The highest BCUT2D eigenvalue weighted by Gasteiger charge is 2.25. The van der Waals surface area contributed by atoms with Crippen LogP contribution in [-0.4, -0.2) is 48.2 Å². The average Bonchev–Trinajstić information content (AvgIpc) is 3.07. The van der Waals surface area contributed by atoms with E-state index in [1.54, 1.807) is 19.1 Å². The van der Waals surface area contributed by atoms with Crippen LogP contribution in [0.1, 0.15) is 42.9 Å². The van der Waals surface area contributed by atoms with Crippen LogP contribution >= 0.6 is 0 Å². The van der Waals surface area contributed by atoms with E-state index in [1.165, 1.54) is 0 Å². The van der Waals surface area contributed by atoms with Crippen LogP contribution in [0, 0.1) is 11.8 Å². The minimum absolute atomic E-state index is 0.0761. The summed E-state index contributed by atoms with van der Waals surface area (Å²) >= 11 is 0. The van der Waals surface area contributed by atoms with Gasteiger partial charge in [0.1, 0.15) is 18.5 Å². The van der Waals surface area contributed by atoms with Gasteiger partial charge in [-0.1, -0.05) is 84.9 Å². The molecule has 244 valence electrons. The van der Waals surface area contributed by atoms with E-state index in [2.05, 4.69) is 23.8 Å².